The third-order valence-corrected chi connectivity index (χ3v) is 10.1. The van der Waals surface area contributed by atoms with Gasteiger partial charge in [0.05, 0.1) is 27.1 Å². The molecule has 0 radical (unpaired) electrons. The Balaban J connectivity index is 1.26. The Morgan fingerprint density at radius 1 is 0.532 bits per heavy atom. The lowest BCUT2D eigenvalue weighted by Crippen LogP contribution is -2.32. The molecule has 2 unspecified atom stereocenters. The van der Waals surface area contributed by atoms with Gasteiger partial charge in [-0.3, -0.25) is 28.8 Å². The standard InChI is InChI=1S/C42H32Cl6N8O6/c1-21(57)36(55-53-30-13-25(11-27(45)15-30)39(59)50-34-9-5-3-7-23(34)19-43)41(61)49-29-17-32(47)38(33(48)18-29)52-42(62)37(22(2)58)56-54-31-14-26(12-28(46)16-31)40(60)51-35-10-6-4-8-24(35)20-44/h3-18,36-37H,19-20H2,1-2H3,(H,49,61)(H,50,59)(H,51,60)(H,52,62). The number of halogens is 6. The zero-order valence-corrected chi connectivity index (χ0v) is 36.8. The van der Waals surface area contributed by atoms with Gasteiger partial charge in [-0.15, -0.1) is 23.2 Å². The number of rotatable bonds is 16. The summed E-state index contributed by atoms with van der Waals surface area (Å²) in [6.07, 6.45) is 0. The first-order chi connectivity index (χ1) is 29.6. The highest BCUT2D eigenvalue weighted by atomic mass is 35.5. The topological polar surface area (TPSA) is 200 Å². The third-order valence-electron chi connectivity index (χ3n) is 8.51. The normalized spacial score (nSPS) is 12.1. The molecule has 0 aliphatic heterocycles. The highest BCUT2D eigenvalue weighted by molar-refractivity contribution is 6.40. The number of carbonyl (C=O) groups excluding carboxylic acids is 6. The zero-order valence-electron chi connectivity index (χ0n) is 32.3. The lowest BCUT2D eigenvalue weighted by Gasteiger charge is -2.15. The van der Waals surface area contributed by atoms with E-state index in [-0.39, 0.29) is 65.7 Å². The molecular formula is C42H32Cl6N8O6. The van der Waals surface area contributed by atoms with Gasteiger partial charge >= 0.3 is 0 Å². The van der Waals surface area contributed by atoms with Crippen molar-refractivity contribution in [3.8, 4) is 0 Å². The van der Waals surface area contributed by atoms with Gasteiger partial charge in [-0.2, -0.15) is 20.5 Å². The quantitative estimate of drug-likeness (QED) is 0.0431. The summed E-state index contributed by atoms with van der Waals surface area (Å²) < 4.78 is 0. The maximum atomic E-state index is 13.3. The molecule has 0 heterocycles. The number of para-hydroxylation sites is 2. The van der Waals surface area contributed by atoms with Crippen LogP contribution in [0.25, 0.3) is 0 Å². The second kappa shape index (κ2) is 21.9. The molecule has 0 fully saturated rings. The SMILES string of the molecule is CC(=O)C(N=Nc1cc(Cl)cc(C(=O)Nc2ccccc2CCl)c1)C(=O)Nc1cc(Cl)c(NC(=O)C(N=Nc2cc(Cl)cc(C(=O)Nc3ccccc3CCl)c2)C(C)=O)c(Cl)c1. The van der Waals surface area contributed by atoms with E-state index in [2.05, 4.69) is 41.7 Å². The van der Waals surface area contributed by atoms with Crippen LogP contribution in [0.5, 0.6) is 0 Å². The minimum absolute atomic E-state index is 0.0122. The van der Waals surface area contributed by atoms with E-state index < -0.39 is 47.3 Å². The van der Waals surface area contributed by atoms with E-state index >= 15 is 0 Å². The van der Waals surface area contributed by atoms with E-state index in [1.165, 1.54) is 48.5 Å². The predicted molar refractivity (Wildman–Crippen MR) is 242 cm³/mol. The van der Waals surface area contributed by atoms with Crippen molar-refractivity contribution in [2.75, 3.05) is 21.3 Å². The minimum Gasteiger partial charge on any atom is -0.324 e. The number of carbonyl (C=O) groups is 6. The number of hydrogen-bond donors (Lipinski definition) is 4. The first-order valence-corrected chi connectivity index (χ1v) is 20.6. The molecule has 5 aromatic carbocycles. The zero-order chi connectivity index (χ0) is 45.1. The molecule has 62 heavy (non-hydrogen) atoms. The van der Waals surface area contributed by atoms with E-state index in [9.17, 15) is 28.8 Å². The summed E-state index contributed by atoms with van der Waals surface area (Å²) in [6.45, 7) is 2.24. The summed E-state index contributed by atoms with van der Waals surface area (Å²) in [5.74, 6) is -3.96. The molecule has 4 amide bonds. The molecule has 318 valence electrons. The second-order valence-corrected chi connectivity index (χ2v) is 15.4. The fourth-order valence-corrected chi connectivity index (χ4v) is 6.99. The number of hydrogen-bond acceptors (Lipinski definition) is 10. The number of Topliss-reactive ketones (excluding diaryl/α,β-unsaturated/α-hetero) is 2. The molecule has 5 rings (SSSR count). The van der Waals surface area contributed by atoms with Gasteiger partial charge in [0.25, 0.3) is 23.6 Å². The average molecular weight is 957 g/mol. The van der Waals surface area contributed by atoms with Crippen LogP contribution in [0.3, 0.4) is 0 Å². The minimum atomic E-state index is -1.69. The van der Waals surface area contributed by atoms with Crippen molar-refractivity contribution < 1.29 is 28.8 Å². The van der Waals surface area contributed by atoms with Crippen LogP contribution in [0.4, 0.5) is 34.1 Å². The highest BCUT2D eigenvalue weighted by Gasteiger charge is 2.27. The smallest absolute Gasteiger partial charge is 0.258 e. The summed E-state index contributed by atoms with van der Waals surface area (Å²) in [4.78, 5) is 77.8. The van der Waals surface area contributed by atoms with Crippen LogP contribution in [-0.4, -0.2) is 47.3 Å². The van der Waals surface area contributed by atoms with Gasteiger partial charge < -0.3 is 21.3 Å². The molecule has 0 bridgehead atoms. The average Bonchev–Trinajstić information content (AvgIpc) is 3.22. The van der Waals surface area contributed by atoms with Crippen LogP contribution < -0.4 is 21.3 Å². The number of alkyl halides is 2. The second-order valence-electron chi connectivity index (χ2n) is 13.1. The Hall–Kier alpha value is -5.74. The van der Waals surface area contributed by atoms with Crippen LogP contribution in [0.2, 0.25) is 20.1 Å². The summed E-state index contributed by atoms with van der Waals surface area (Å²) >= 11 is 37.4. The summed E-state index contributed by atoms with van der Waals surface area (Å²) in [5.41, 5.74) is 2.65. The summed E-state index contributed by atoms with van der Waals surface area (Å²) in [5, 5.41) is 26.2. The molecule has 2 atom stereocenters. The molecule has 0 saturated heterocycles. The van der Waals surface area contributed by atoms with E-state index in [1.54, 1.807) is 48.5 Å². The first-order valence-electron chi connectivity index (χ1n) is 18.0. The van der Waals surface area contributed by atoms with Gasteiger partial charge in [-0.1, -0.05) is 82.8 Å². The van der Waals surface area contributed by atoms with Crippen LogP contribution in [0.1, 0.15) is 45.7 Å². The highest BCUT2D eigenvalue weighted by Crippen LogP contribution is 2.35. The molecule has 0 spiro atoms. The number of amides is 4. The van der Waals surface area contributed by atoms with Crippen LogP contribution in [-0.2, 0) is 30.9 Å². The predicted octanol–water partition coefficient (Wildman–Crippen LogP) is 11.6. The van der Waals surface area contributed by atoms with Crippen LogP contribution >= 0.6 is 69.6 Å². The Labute approximate surface area is 384 Å². The van der Waals surface area contributed by atoms with E-state index in [0.717, 1.165) is 13.8 Å². The van der Waals surface area contributed by atoms with Gasteiger partial charge in [0, 0.05) is 50.0 Å². The van der Waals surface area contributed by atoms with Crippen molar-refractivity contribution in [2.45, 2.75) is 37.7 Å². The summed E-state index contributed by atoms with van der Waals surface area (Å²) in [6, 6.07) is 21.4. The molecule has 0 aliphatic carbocycles. The molecule has 5 aromatic rings. The maximum absolute atomic E-state index is 13.3. The lowest BCUT2D eigenvalue weighted by molar-refractivity contribution is -0.127. The molecule has 0 aromatic heterocycles. The van der Waals surface area contributed by atoms with Crippen LogP contribution in [0.15, 0.2) is 118 Å². The van der Waals surface area contributed by atoms with E-state index in [1.807, 2.05) is 0 Å². The molecule has 0 saturated carbocycles. The number of nitrogens with one attached hydrogen (secondary N) is 4. The van der Waals surface area contributed by atoms with Crippen molar-refractivity contribution in [2.24, 2.45) is 20.5 Å². The molecule has 0 aliphatic rings. The summed E-state index contributed by atoms with van der Waals surface area (Å²) in [7, 11) is 0. The lowest BCUT2D eigenvalue weighted by atomic mass is 10.1. The van der Waals surface area contributed by atoms with Crippen molar-refractivity contribution in [3.63, 3.8) is 0 Å². The third kappa shape index (κ3) is 12.7. The van der Waals surface area contributed by atoms with Gasteiger partial charge in [-0.05, 0) is 85.6 Å². The Kier molecular flexibility index (Phi) is 16.7. The maximum Gasteiger partial charge on any atom is 0.258 e. The van der Waals surface area contributed by atoms with Crippen molar-refractivity contribution in [3.05, 3.63) is 139 Å². The largest absolute Gasteiger partial charge is 0.324 e. The van der Waals surface area contributed by atoms with Gasteiger partial charge in [0.1, 0.15) is 0 Å². The fraction of sp³-hybridized carbons (Fsp3) is 0.143. The van der Waals surface area contributed by atoms with Crippen LogP contribution in [0, 0.1) is 0 Å². The van der Waals surface area contributed by atoms with Crippen molar-refractivity contribution in [1.82, 2.24) is 0 Å². The van der Waals surface area contributed by atoms with Gasteiger partial charge in [-0.25, -0.2) is 0 Å². The molecule has 20 heteroatoms. The first kappa shape index (κ1) is 47.3. The van der Waals surface area contributed by atoms with Gasteiger partial charge in [0.2, 0.25) is 12.1 Å². The molecule has 14 nitrogen and oxygen atoms in total. The monoisotopic (exact) mass is 954 g/mol. The van der Waals surface area contributed by atoms with E-state index in [0.29, 0.717) is 22.5 Å². The number of nitrogens with zero attached hydrogens (tertiary/aromatic N) is 4. The Bertz CT molecular complexity index is 2620. The fourth-order valence-electron chi connectivity index (χ4n) is 5.48. The van der Waals surface area contributed by atoms with Crippen molar-refractivity contribution in [1.29, 1.82) is 0 Å². The molecular weight excluding hydrogens is 925 g/mol. The number of ketones is 2. The number of anilines is 4. The number of azo groups is 2. The molecule has 4 N–H and O–H groups in total. The number of benzene rings is 5. The van der Waals surface area contributed by atoms with E-state index in [4.69, 9.17) is 69.6 Å². The van der Waals surface area contributed by atoms with Gasteiger partial charge in [0.15, 0.2) is 11.6 Å². The Morgan fingerprint density at radius 3 is 1.34 bits per heavy atom. The Morgan fingerprint density at radius 2 is 0.935 bits per heavy atom. The van der Waals surface area contributed by atoms with Crippen molar-refractivity contribution >= 4 is 139 Å².